The molecule has 1 aromatic carbocycles. The monoisotopic (exact) mass is 291 g/mol. The van der Waals surface area contributed by atoms with Gasteiger partial charge in [-0.2, -0.15) is 0 Å². The van der Waals surface area contributed by atoms with Gasteiger partial charge in [0.2, 0.25) is 5.91 Å². The SMILES string of the molecule is O=C(O)CN(C(=O)N1CCCNC(=O)C1)c1ccccc1. The molecule has 0 unspecified atom stereocenters. The standard InChI is InChI=1S/C14H17N3O4/c18-12-9-16(8-4-7-15-12)14(21)17(10-13(19)20)11-5-2-1-3-6-11/h1-3,5-6H,4,7-10H2,(H,15,18)(H,19,20). The van der Waals surface area contributed by atoms with E-state index in [1.165, 1.54) is 9.80 Å². The van der Waals surface area contributed by atoms with Crippen molar-refractivity contribution in [1.82, 2.24) is 10.2 Å². The molecule has 1 aromatic rings. The van der Waals surface area contributed by atoms with Crippen molar-refractivity contribution in [3.63, 3.8) is 0 Å². The zero-order valence-corrected chi connectivity index (χ0v) is 11.5. The number of rotatable bonds is 3. The molecule has 1 heterocycles. The van der Waals surface area contributed by atoms with Gasteiger partial charge in [0.25, 0.3) is 0 Å². The molecule has 112 valence electrons. The largest absolute Gasteiger partial charge is 0.480 e. The number of benzene rings is 1. The van der Waals surface area contributed by atoms with Crippen molar-refractivity contribution in [1.29, 1.82) is 0 Å². The van der Waals surface area contributed by atoms with Crippen LogP contribution in [0.2, 0.25) is 0 Å². The van der Waals surface area contributed by atoms with Crippen LogP contribution in [0.5, 0.6) is 0 Å². The molecule has 0 atom stereocenters. The lowest BCUT2D eigenvalue weighted by Gasteiger charge is -2.28. The summed E-state index contributed by atoms with van der Waals surface area (Å²) in [5.74, 6) is -1.34. The summed E-state index contributed by atoms with van der Waals surface area (Å²) in [5.41, 5.74) is 0.495. The van der Waals surface area contributed by atoms with E-state index in [1.54, 1.807) is 30.3 Å². The second-order valence-corrected chi connectivity index (χ2v) is 4.72. The molecular weight excluding hydrogens is 274 g/mol. The smallest absolute Gasteiger partial charge is 0.325 e. The van der Waals surface area contributed by atoms with Gasteiger partial charge in [-0.1, -0.05) is 18.2 Å². The maximum absolute atomic E-state index is 12.5. The van der Waals surface area contributed by atoms with Gasteiger partial charge in [0.15, 0.2) is 0 Å². The Hall–Kier alpha value is -2.57. The lowest BCUT2D eigenvalue weighted by molar-refractivity contribution is -0.135. The zero-order chi connectivity index (χ0) is 15.2. The van der Waals surface area contributed by atoms with Crippen molar-refractivity contribution >= 4 is 23.6 Å². The Morgan fingerprint density at radius 1 is 1.29 bits per heavy atom. The summed E-state index contributed by atoms with van der Waals surface area (Å²) in [6.07, 6.45) is 0.646. The molecule has 0 radical (unpaired) electrons. The van der Waals surface area contributed by atoms with Crippen molar-refractivity contribution < 1.29 is 19.5 Å². The minimum atomic E-state index is -1.11. The summed E-state index contributed by atoms with van der Waals surface area (Å²) >= 11 is 0. The van der Waals surface area contributed by atoms with Crippen molar-refractivity contribution in [2.45, 2.75) is 6.42 Å². The van der Waals surface area contributed by atoms with Crippen molar-refractivity contribution in [3.05, 3.63) is 30.3 Å². The molecule has 1 fully saturated rings. The topological polar surface area (TPSA) is 89.9 Å². The maximum atomic E-state index is 12.5. The second kappa shape index (κ2) is 6.74. The number of carboxylic acid groups (broad SMARTS) is 1. The van der Waals surface area contributed by atoms with Gasteiger partial charge in [-0.05, 0) is 18.6 Å². The van der Waals surface area contributed by atoms with E-state index in [0.717, 1.165) is 0 Å². The lowest BCUT2D eigenvalue weighted by Crippen LogP contribution is -2.47. The van der Waals surface area contributed by atoms with Gasteiger partial charge in [0.1, 0.15) is 13.1 Å². The van der Waals surface area contributed by atoms with Gasteiger partial charge in [-0.15, -0.1) is 0 Å². The quantitative estimate of drug-likeness (QED) is 0.849. The van der Waals surface area contributed by atoms with E-state index in [0.29, 0.717) is 25.2 Å². The van der Waals surface area contributed by atoms with Gasteiger partial charge in [0.05, 0.1) is 0 Å². The van der Waals surface area contributed by atoms with Crippen LogP contribution in [0.4, 0.5) is 10.5 Å². The number of amides is 3. The van der Waals surface area contributed by atoms with Crippen molar-refractivity contribution in [2.24, 2.45) is 0 Å². The number of carbonyl (C=O) groups is 3. The van der Waals surface area contributed by atoms with Gasteiger partial charge in [-0.25, -0.2) is 4.79 Å². The fraction of sp³-hybridized carbons (Fsp3) is 0.357. The first-order valence-corrected chi connectivity index (χ1v) is 6.68. The Morgan fingerprint density at radius 2 is 2.00 bits per heavy atom. The van der Waals surface area contributed by atoms with Crippen LogP contribution in [0.1, 0.15) is 6.42 Å². The number of nitrogens with one attached hydrogen (secondary N) is 1. The van der Waals surface area contributed by atoms with Crippen LogP contribution in [0.25, 0.3) is 0 Å². The van der Waals surface area contributed by atoms with E-state index >= 15 is 0 Å². The van der Waals surface area contributed by atoms with Crippen LogP contribution in [-0.2, 0) is 9.59 Å². The molecule has 7 heteroatoms. The third-order valence-corrected chi connectivity index (χ3v) is 3.12. The summed E-state index contributed by atoms with van der Waals surface area (Å²) in [6.45, 7) is 0.441. The molecule has 0 aromatic heterocycles. The fourth-order valence-corrected chi connectivity index (χ4v) is 2.15. The van der Waals surface area contributed by atoms with Crippen molar-refractivity contribution in [3.8, 4) is 0 Å². The highest BCUT2D eigenvalue weighted by atomic mass is 16.4. The molecule has 21 heavy (non-hydrogen) atoms. The summed E-state index contributed by atoms with van der Waals surface area (Å²) in [5, 5.41) is 11.7. The molecule has 1 aliphatic heterocycles. The summed E-state index contributed by atoms with van der Waals surface area (Å²) in [4.78, 5) is 37.6. The number of anilines is 1. The molecule has 0 aliphatic carbocycles. The Kier molecular flexibility index (Phi) is 4.76. The van der Waals surface area contributed by atoms with Crippen LogP contribution in [-0.4, -0.2) is 54.1 Å². The van der Waals surface area contributed by atoms with Crippen LogP contribution in [0, 0.1) is 0 Å². The summed E-state index contributed by atoms with van der Waals surface area (Å²) in [7, 11) is 0. The molecule has 1 aliphatic rings. The second-order valence-electron chi connectivity index (χ2n) is 4.72. The van der Waals surface area contributed by atoms with Crippen LogP contribution < -0.4 is 10.2 Å². The minimum absolute atomic E-state index is 0.0538. The first-order chi connectivity index (χ1) is 10.1. The van der Waals surface area contributed by atoms with Crippen LogP contribution in [0.3, 0.4) is 0 Å². The number of aliphatic carboxylic acids is 1. The minimum Gasteiger partial charge on any atom is -0.480 e. The number of carboxylic acids is 1. The molecule has 1 saturated heterocycles. The van der Waals surface area contributed by atoms with E-state index < -0.39 is 18.5 Å². The third-order valence-electron chi connectivity index (χ3n) is 3.12. The predicted molar refractivity (Wildman–Crippen MR) is 76.0 cm³/mol. The zero-order valence-electron chi connectivity index (χ0n) is 11.5. The molecule has 7 nitrogen and oxygen atoms in total. The number of para-hydroxylation sites is 1. The Bertz CT molecular complexity index is 532. The Morgan fingerprint density at radius 3 is 2.67 bits per heavy atom. The average molecular weight is 291 g/mol. The molecule has 2 N–H and O–H groups in total. The van der Waals surface area contributed by atoms with E-state index in [2.05, 4.69) is 5.32 Å². The highest BCUT2D eigenvalue weighted by Gasteiger charge is 2.26. The van der Waals surface area contributed by atoms with Gasteiger partial charge in [0, 0.05) is 18.8 Å². The van der Waals surface area contributed by atoms with Gasteiger partial charge in [-0.3, -0.25) is 14.5 Å². The number of urea groups is 1. The van der Waals surface area contributed by atoms with E-state index in [-0.39, 0.29) is 12.5 Å². The number of hydrogen-bond acceptors (Lipinski definition) is 3. The normalized spacial score (nSPS) is 15.0. The van der Waals surface area contributed by atoms with E-state index in [4.69, 9.17) is 5.11 Å². The van der Waals surface area contributed by atoms with E-state index in [1.807, 2.05) is 0 Å². The van der Waals surface area contributed by atoms with Crippen LogP contribution >= 0.6 is 0 Å². The highest BCUT2D eigenvalue weighted by Crippen LogP contribution is 2.16. The number of nitrogens with zero attached hydrogens (tertiary/aromatic N) is 2. The van der Waals surface area contributed by atoms with Crippen LogP contribution in [0.15, 0.2) is 30.3 Å². The number of hydrogen-bond donors (Lipinski definition) is 2. The molecule has 0 spiro atoms. The first-order valence-electron chi connectivity index (χ1n) is 6.68. The maximum Gasteiger partial charge on any atom is 0.325 e. The van der Waals surface area contributed by atoms with E-state index in [9.17, 15) is 14.4 Å². The average Bonchev–Trinajstić information content (AvgIpc) is 2.69. The summed E-state index contributed by atoms with van der Waals surface area (Å²) < 4.78 is 0. The molecule has 3 amide bonds. The molecule has 2 rings (SSSR count). The van der Waals surface area contributed by atoms with Crippen molar-refractivity contribution in [2.75, 3.05) is 31.1 Å². The highest BCUT2D eigenvalue weighted by molar-refractivity contribution is 5.98. The third kappa shape index (κ3) is 3.95. The molecule has 0 saturated carbocycles. The van der Waals surface area contributed by atoms with Gasteiger partial charge >= 0.3 is 12.0 Å². The molecular formula is C14H17N3O4. The lowest BCUT2D eigenvalue weighted by atomic mass is 10.3. The predicted octanol–water partition coefficient (Wildman–Crippen LogP) is 0.520. The fourth-order valence-electron chi connectivity index (χ4n) is 2.15. The number of carbonyl (C=O) groups excluding carboxylic acids is 2. The molecule has 0 bridgehead atoms. The Balaban J connectivity index is 2.21. The first kappa shape index (κ1) is 14.8. The Labute approximate surface area is 122 Å². The van der Waals surface area contributed by atoms with Gasteiger partial charge < -0.3 is 15.3 Å². The summed E-state index contributed by atoms with van der Waals surface area (Å²) in [6, 6.07) is 8.10.